The first-order valence-electron chi connectivity index (χ1n) is 4.37. The molecule has 0 heteroatoms. The van der Waals surface area contributed by atoms with Gasteiger partial charge in [-0.15, -0.1) is 6.58 Å². The zero-order chi connectivity index (χ0) is 8.53. The molecule has 0 atom stereocenters. The molecule has 0 rings (SSSR count). The second-order valence-corrected chi connectivity index (χ2v) is 2.87. The van der Waals surface area contributed by atoms with Gasteiger partial charge in [-0.25, -0.2) is 0 Å². The fourth-order valence-corrected chi connectivity index (χ4v) is 0.976. The maximum Gasteiger partial charge on any atom is -0.0320 e. The molecule has 0 nitrogen and oxygen atoms in total. The van der Waals surface area contributed by atoms with Crippen LogP contribution in [0.3, 0.4) is 0 Å². The lowest BCUT2D eigenvalue weighted by molar-refractivity contribution is 0.825. The van der Waals surface area contributed by atoms with E-state index in [-0.39, 0.29) is 0 Å². The maximum atomic E-state index is 3.79. The van der Waals surface area contributed by atoms with Gasteiger partial charge in [0.25, 0.3) is 0 Å². The second kappa shape index (κ2) is 7.59. The summed E-state index contributed by atoms with van der Waals surface area (Å²) >= 11 is 0. The van der Waals surface area contributed by atoms with Crippen molar-refractivity contribution in [2.45, 2.75) is 39.0 Å². The SMILES string of the molecule is [CH2]CCC=C(C)CCCC=C. The van der Waals surface area contributed by atoms with Crippen molar-refractivity contribution >= 4 is 0 Å². The van der Waals surface area contributed by atoms with Crippen LogP contribution in [-0.2, 0) is 0 Å². The lowest BCUT2D eigenvalue weighted by Crippen LogP contribution is -1.77. The van der Waals surface area contributed by atoms with Gasteiger partial charge in [-0.05, 0) is 39.0 Å². The zero-order valence-corrected chi connectivity index (χ0v) is 7.60. The van der Waals surface area contributed by atoms with E-state index in [1.807, 2.05) is 6.08 Å². The molecule has 0 bridgehead atoms. The molecule has 0 heterocycles. The summed E-state index contributed by atoms with van der Waals surface area (Å²) in [6.07, 6.45) is 9.99. The Morgan fingerprint density at radius 1 is 1.36 bits per heavy atom. The Morgan fingerprint density at radius 2 is 2.09 bits per heavy atom. The summed E-state index contributed by atoms with van der Waals surface area (Å²) in [6.45, 7) is 9.68. The normalized spacial score (nSPS) is 11.6. The van der Waals surface area contributed by atoms with Crippen molar-refractivity contribution in [2.24, 2.45) is 0 Å². The van der Waals surface area contributed by atoms with E-state index in [0.29, 0.717) is 0 Å². The van der Waals surface area contributed by atoms with Crippen LogP contribution in [0.15, 0.2) is 24.3 Å². The molecule has 0 aromatic rings. The number of hydrogen-bond donors (Lipinski definition) is 0. The minimum Gasteiger partial charge on any atom is -0.103 e. The molecule has 0 aromatic heterocycles. The molecule has 0 saturated heterocycles. The fourth-order valence-electron chi connectivity index (χ4n) is 0.976. The lowest BCUT2D eigenvalue weighted by atomic mass is 10.1. The molecule has 0 N–H and O–H groups in total. The van der Waals surface area contributed by atoms with Crippen LogP contribution in [0.5, 0.6) is 0 Å². The molecule has 0 fully saturated rings. The Hall–Kier alpha value is -0.520. The van der Waals surface area contributed by atoms with Crippen molar-refractivity contribution < 1.29 is 0 Å². The molecule has 1 radical (unpaired) electrons. The zero-order valence-electron chi connectivity index (χ0n) is 7.60. The first kappa shape index (κ1) is 10.5. The van der Waals surface area contributed by atoms with E-state index in [9.17, 15) is 0 Å². The third kappa shape index (κ3) is 7.38. The number of unbranched alkanes of at least 4 members (excludes halogenated alkanes) is 2. The molecule has 0 spiro atoms. The molecular formula is C11H19. The molecular weight excluding hydrogens is 132 g/mol. The Kier molecular flexibility index (Phi) is 7.23. The Labute approximate surface area is 71.0 Å². The van der Waals surface area contributed by atoms with Crippen molar-refractivity contribution in [2.75, 3.05) is 0 Å². The highest BCUT2D eigenvalue weighted by atomic mass is 13.9. The molecule has 0 saturated carbocycles. The van der Waals surface area contributed by atoms with Crippen LogP contribution >= 0.6 is 0 Å². The average molecular weight is 151 g/mol. The van der Waals surface area contributed by atoms with E-state index >= 15 is 0 Å². The summed E-state index contributed by atoms with van der Waals surface area (Å²) in [7, 11) is 0. The van der Waals surface area contributed by atoms with Crippen LogP contribution < -0.4 is 0 Å². The maximum absolute atomic E-state index is 3.79. The van der Waals surface area contributed by atoms with Crippen molar-refractivity contribution in [1.82, 2.24) is 0 Å². The van der Waals surface area contributed by atoms with Gasteiger partial charge in [-0.3, -0.25) is 0 Å². The van der Waals surface area contributed by atoms with Crippen LogP contribution in [0.4, 0.5) is 0 Å². The first-order valence-corrected chi connectivity index (χ1v) is 4.37. The van der Waals surface area contributed by atoms with Crippen LogP contribution in [0.25, 0.3) is 0 Å². The molecule has 0 aromatic carbocycles. The van der Waals surface area contributed by atoms with E-state index in [2.05, 4.69) is 26.5 Å². The van der Waals surface area contributed by atoms with Crippen molar-refractivity contribution in [3.63, 3.8) is 0 Å². The van der Waals surface area contributed by atoms with Gasteiger partial charge in [0.15, 0.2) is 0 Å². The summed E-state index contributed by atoms with van der Waals surface area (Å²) < 4.78 is 0. The van der Waals surface area contributed by atoms with Crippen LogP contribution in [0, 0.1) is 6.92 Å². The van der Waals surface area contributed by atoms with E-state index in [0.717, 1.165) is 19.3 Å². The molecule has 63 valence electrons. The van der Waals surface area contributed by atoms with Crippen LogP contribution in [-0.4, -0.2) is 0 Å². The quantitative estimate of drug-likeness (QED) is 0.399. The van der Waals surface area contributed by atoms with Gasteiger partial charge >= 0.3 is 0 Å². The van der Waals surface area contributed by atoms with Gasteiger partial charge in [0.05, 0.1) is 0 Å². The van der Waals surface area contributed by atoms with Crippen molar-refractivity contribution in [1.29, 1.82) is 0 Å². The van der Waals surface area contributed by atoms with Gasteiger partial charge in [0.1, 0.15) is 0 Å². The fraction of sp³-hybridized carbons (Fsp3) is 0.545. The highest BCUT2D eigenvalue weighted by Gasteiger charge is 1.87. The minimum atomic E-state index is 1.01. The van der Waals surface area contributed by atoms with Crippen molar-refractivity contribution in [3.8, 4) is 0 Å². The predicted octanol–water partition coefficient (Wildman–Crippen LogP) is 3.90. The summed E-state index contributed by atoms with van der Waals surface area (Å²) in [5.41, 5.74) is 1.50. The smallest absolute Gasteiger partial charge is 0.0320 e. The Balaban J connectivity index is 3.34. The second-order valence-electron chi connectivity index (χ2n) is 2.87. The summed E-state index contributed by atoms with van der Waals surface area (Å²) in [5, 5.41) is 0. The van der Waals surface area contributed by atoms with E-state index < -0.39 is 0 Å². The third-order valence-electron chi connectivity index (χ3n) is 1.68. The van der Waals surface area contributed by atoms with Crippen LogP contribution in [0.1, 0.15) is 39.0 Å². The molecule has 0 amide bonds. The van der Waals surface area contributed by atoms with Gasteiger partial charge in [0.2, 0.25) is 0 Å². The van der Waals surface area contributed by atoms with E-state index in [1.54, 1.807) is 0 Å². The van der Waals surface area contributed by atoms with Crippen LogP contribution in [0.2, 0.25) is 0 Å². The Bertz CT molecular complexity index is 120. The van der Waals surface area contributed by atoms with E-state index in [1.165, 1.54) is 18.4 Å². The van der Waals surface area contributed by atoms with Crippen molar-refractivity contribution in [3.05, 3.63) is 31.2 Å². The van der Waals surface area contributed by atoms with Gasteiger partial charge < -0.3 is 0 Å². The highest BCUT2D eigenvalue weighted by molar-refractivity contribution is 4.97. The number of rotatable bonds is 6. The minimum absolute atomic E-state index is 1.01. The monoisotopic (exact) mass is 151 g/mol. The molecule has 0 aliphatic carbocycles. The largest absolute Gasteiger partial charge is 0.103 e. The molecule has 11 heavy (non-hydrogen) atoms. The average Bonchev–Trinajstić information content (AvgIpc) is 2.01. The molecule has 0 aliphatic heterocycles. The summed E-state index contributed by atoms with van der Waals surface area (Å²) in [6, 6.07) is 0. The Morgan fingerprint density at radius 3 is 2.64 bits per heavy atom. The summed E-state index contributed by atoms with van der Waals surface area (Å²) in [5.74, 6) is 0. The number of allylic oxidation sites excluding steroid dienone is 3. The van der Waals surface area contributed by atoms with Gasteiger partial charge in [-0.1, -0.05) is 24.6 Å². The topological polar surface area (TPSA) is 0 Å². The van der Waals surface area contributed by atoms with Gasteiger partial charge in [-0.2, -0.15) is 0 Å². The molecule has 0 unspecified atom stereocenters. The third-order valence-corrected chi connectivity index (χ3v) is 1.68. The van der Waals surface area contributed by atoms with Gasteiger partial charge in [0, 0.05) is 0 Å². The number of hydrogen-bond acceptors (Lipinski definition) is 0. The lowest BCUT2D eigenvalue weighted by Gasteiger charge is -1.97. The highest BCUT2D eigenvalue weighted by Crippen LogP contribution is 2.07. The van der Waals surface area contributed by atoms with E-state index in [4.69, 9.17) is 0 Å². The summed E-state index contributed by atoms with van der Waals surface area (Å²) in [4.78, 5) is 0. The standard InChI is InChI=1S/C11H19/c1-4-6-8-10-11(3)9-7-5-2/h4,9H,1-2,5-8,10H2,3H3. The first-order chi connectivity index (χ1) is 5.31. The molecule has 0 aliphatic rings. The predicted molar refractivity (Wildman–Crippen MR) is 52.4 cm³/mol.